The van der Waals surface area contributed by atoms with Crippen LogP contribution >= 0.6 is 11.6 Å². The summed E-state index contributed by atoms with van der Waals surface area (Å²) in [4.78, 5) is 1.78. The summed E-state index contributed by atoms with van der Waals surface area (Å²) in [5.41, 5.74) is 4.79. The molecule has 1 radical (unpaired) electrons. The maximum absolute atomic E-state index is 11.5. The molecular weight excluding hydrogens is 651 g/mol. The molecule has 0 atom stereocenters. The minimum absolute atomic E-state index is 0. The number of fused-ring (bicyclic) bond motifs is 2. The van der Waals surface area contributed by atoms with E-state index in [1.165, 1.54) is 0 Å². The Bertz CT molecular complexity index is 1960. The number of ether oxygens (including phenoxy) is 1. The predicted molar refractivity (Wildman–Crippen MR) is 174 cm³/mol. The summed E-state index contributed by atoms with van der Waals surface area (Å²) >= 11 is 6.23. The van der Waals surface area contributed by atoms with Crippen molar-refractivity contribution >= 4 is 84.3 Å². The molecule has 4 aromatic rings. The number of anilines is 1. The Labute approximate surface area is 289 Å². The van der Waals surface area contributed by atoms with Crippen molar-refractivity contribution in [1.82, 2.24) is 0 Å². The van der Waals surface area contributed by atoms with E-state index in [2.05, 4.69) is 0 Å². The van der Waals surface area contributed by atoms with Gasteiger partial charge in [0, 0.05) is 65.4 Å². The molecule has 0 saturated carbocycles. The van der Waals surface area contributed by atoms with Crippen LogP contribution in [0.1, 0.15) is 32.1 Å². The summed E-state index contributed by atoms with van der Waals surface area (Å²) in [5, 5.41) is 0.476. The molecule has 0 amide bonds. The van der Waals surface area contributed by atoms with Crippen LogP contribution in [-0.2, 0) is 26.8 Å². The fourth-order valence-electron chi connectivity index (χ4n) is 5.03. The maximum Gasteiger partial charge on any atom is 0.374 e. The van der Waals surface area contributed by atoms with Crippen LogP contribution in [0.4, 0.5) is 5.69 Å². The van der Waals surface area contributed by atoms with Crippen LogP contribution < -0.4 is 14.2 Å². The van der Waals surface area contributed by atoms with Gasteiger partial charge in [-0.25, -0.2) is 8.42 Å². The third kappa shape index (κ3) is 9.20. The second kappa shape index (κ2) is 14.8. The molecule has 0 aliphatic carbocycles. The van der Waals surface area contributed by atoms with Crippen LogP contribution in [0.15, 0.2) is 88.7 Å². The molecule has 3 aromatic carbocycles. The van der Waals surface area contributed by atoms with Crippen LogP contribution in [0.2, 0.25) is 5.02 Å². The third-order valence-electron chi connectivity index (χ3n) is 7.12. The summed E-state index contributed by atoms with van der Waals surface area (Å²) < 4.78 is 80.2. The zero-order valence-electron chi connectivity index (χ0n) is 24.8. The number of hydrogen-bond acceptors (Lipinski definition) is 8. The van der Waals surface area contributed by atoms with Gasteiger partial charge in [-0.05, 0) is 53.8 Å². The van der Waals surface area contributed by atoms with Crippen molar-refractivity contribution in [3.05, 3.63) is 95.2 Å². The van der Waals surface area contributed by atoms with Crippen LogP contribution in [0, 0.1) is 0 Å². The number of nitrogens with zero attached hydrogens (tertiary/aromatic N) is 2. The first kappa shape index (κ1) is 35.2. The number of oxazole rings is 1. The van der Waals surface area contributed by atoms with E-state index in [1.54, 1.807) is 23.1 Å². The average Bonchev–Trinajstić information content (AvgIpc) is 3.48. The summed E-state index contributed by atoms with van der Waals surface area (Å²) in [6.07, 6.45) is 4.45. The van der Waals surface area contributed by atoms with Crippen molar-refractivity contribution in [3.8, 4) is 16.9 Å². The normalized spacial score (nSPS) is 14.4. The van der Waals surface area contributed by atoms with Crippen molar-refractivity contribution < 1.29 is 39.7 Å². The molecule has 1 N–H and O–H groups in total. The van der Waals surface area contributed by atoms with Gasteiger partial charge in [-0.1, -0.05) is 54.9 Å². The van der Waals surface area contributed by atoms with Gasteiger partial charge in [0.05, 0.1) is 27.6 Å². The van der Waals surface area contributed by atoms with E-state index < -0.39 is 31.7 Å². The minimum atomic E-state index is -4.39. The first-order valence-corrected chi connectivity index (χ1v) is 17.5. The molecule has 45 heavy (non-hydrogen) atoms. The molecule has 1 aliphatic heterocycles. The van der Waals surface area contributed by atoms with Gasteiger partial charge in [0.2, 0.25) is 11.5 Å². The first-order chi connectivity index (χ1) is 20.9. The van der Waals surface area contributed by atoms with Gasteiger partial charge in [0.25, 0.3) is 15.6 Å². The van der Waals surface area contributed by atoms with Crippen LogP contribution in [-0.4, -0.2) is 73.5 Å². The van der Waals surface area contributed by atoms with Gasteiger partial charge in [0.15, 0.2) is 12.3 Å². The summed E-state index contributed by atoms with van der Waals surface area (Å²) in [6.45, 7) is 2.43. The quantitative estimate of drug-likeness (QED) is 0.118. The number of hydrogen-bond donors (Lipinski definition) is 1. The van der Waals surface area contributed by atoms with Crippen molar-refractivity contribution in [3.63, 3.8) is 0 Å². The maximum atomic E-state index is 11.5. The van der Waals surface area contributed by atoms with E-state index in [0.29, 0.717) is 40.2 Å². The minimum Gasteiger partial charge on any atom is -0.748 e. The van der Waals surface area contributed by atoms with Crippen molar-refractivity contribution in [1.29, 1.82) is 0 Å². The number of rotatable bonds is 12. The molecule has 233 valence electrons. The average molecular weight is 682 g/mol. The van der Waals surface area contributed by atoms with E-state index >= 15 is 0 Å². The van der Waals surface area contributed by atoms with E-state index in [9.17, 15) is 25.9 Å². The second-order valence-corrected chi connectivity index (χ2v) is 13.8. The molecule has 10 nitrogen and oxygen atoms in total. The number of allylic oxidation sites excluding steroid dienone is 2. The zero-order valence-corrected chi connectivity index (χ0v) is 29.2. The molecule has 1 aliphatic rings. The number of aromatic nitrogens is 1. The summed E-state index contributed by atoms with van der Waals surface area (Å²) in [5.74, 6) is 0.521. The van der Waals surface area contributed by atoms with Gasteiger partial charge < -0.3 is 18.6 Å². The van der Waals surface area contributed by atoms with E-state index in [4.69, 9.17) is 20.8 Å². The fraction of sp³-hybridized carbons (Fsp3) is 0.258. The molecule has 5 rings (SSSR count). The fourth-order valence-corrected chi connectivity index (χ4v) is 6.17. The molecule has 0 fully saturated rings. The molecule has 0 unspecified atom stereocenters. The van der Waals surface area contributed by atoms with Gasteiger partial charge in [-0.2, -0.15) is 13.0 Å². The molecule has 0 saturated heterocycles. The second-order valence-electron chi connectivity index (χ2n) is 10.3. The van der Waals surface area contributed by atoms with Crippen LogP contribution in [0.25, 0.3) is 28.3 Å². The molecule has 2 heterocycles. The van der Waals surface area contributed by atoms with E-state index in [-0.39, 0.29) is 55.5 Å². The smallest absolute Gasteiger partial charge is 0.374 e. The van der Waals surface area contributed by atoms with Gasteiger partial charge >= 0.3 is 5.89 Å². The standard InChI is InChI=1S/C31H31ClN2O8S2.Na/c1-2-22(19-31-34(15-7-17-44(38,39)40)27-21-25(32)11-13-29(27)42-31)18-30-33(14-6-16-43(35,36)37)26-20-24(10-12-28(26)41-30)23-8-4-3-5-9-23;/h3-5,8-13,18-21H,2,6-7,14-17H2,1H3,(H-,35,36,37,38,39,40);. The Balaban J connectivity index is 0.00000461. The van der Waals surface area contributed by atoms with Crippen molar-refractivity contribution in [2.75, 3.05) is 23.0 Å². The third-order valence-corrected chi connectivity index (χ3v) is 8.94. The largest absolute Gasteiger partial charge is 0.748 e. The topological polar surface area (TPSA) is 141 Å². The van der Waals surface area contributed by atoms with Gasteiger partial charge in [-0.15, -0.1) is 0 Å². The Hall–Kier alpha value is -2.68. The first-order valence-electron chi connectivity index (χ1n) is 14.0. The summed E-state index contributed by atoms with van der Waals surface area (Å²) in [6, 6.07) is 20.8. The number of aryl methyl sites for hydroxylation is 1. The molecule has 14 heteroatoms. The molecule has 0 spiro atoms. The zero-order chi connectivity index (χ0) is 31.5. The van der Waals surface area contributed by atoms with Crippen LogP contribution in [0.3, 0.4) is 0 Å². The van der Waals surface area contributed by atoms with Crippen LogP contribution in [0.5, 0.6) is 5.75 Å². The number of benzene rings is 3. The monoisotopic (exact) mass is 681 g/mol. The molecule has 0 bridgehead atoms. The van der Waals surface area contributed by atoms with Crippen molar-refractivity contribution in [2.24, 2.45) is 0 Å². The van der Waals surface area contributed by atoms with E-state index in [1.807, 2.05) is 72.2 Å². The van der Waals surface area contributed by atoms with Crippen molar-refractivity contribution in [2.45, 2.75) is 32.7 Å². The molecular formula is C31H31ClN2NaO8S2. The van der Waals surface area contributed by atoms with Gasteiger partial charge in [0.1, 0.15) is 0 Å². The Morgan fingerprint density at radius 2 is 1.76 bits per heavy atom. The van der Waals surface area contributed by atoms with Gasteiger partial charge in [-0.3, -0.25) is 4.55 Å². The Morgan fingerprint density at radius 1 is 1.00 bits per heavy atom. The Morgan fingerprint density at radius 3 is 2.44 bits per heavy atom. The van der Waals surface area contributed by atoms with E-state index in [0.717, 1.165) is 22.2 Å². The predicted octanol–water partition coefficient (Wildman–Crippen LogP) is 5.41. The number of halogens is 1. The Kier molecular flexibility index (Phi) is 11.6. The molecule has 1 aromatic heterocycles. The SMILES string of the molecule is CCC(=C/c1oc2ccc(-c3ccccc3)cc2[n+]1CCCS(=O)(=O)O)/C=C1/Oc2ccc(Cl)cc2N1CCCS(=O)(=O)[O-].[Na]. The summed E-state index contributed by atoms with van der Waals surface area (Å²) in [7, 11) is -8.53.